The van der Waals surface area contributed by atoms with Crippen LogP contribution in [0.1, 0.15) is 43.9 Å². The summed E-state index contributed by atoms with van der Waals surface area (Å²) in [4.78, 5) is 32.4. The van der Waals surface area contributed by atoms with Crippen LogP contribution >= 0.6 is 0 Å². The third-order valence-electron chi connectivity index (χ3n) is 7.61. The Morgan fingerprint density at radius 3 is 2.81 bits per heavy atom. The summed E-state index contributed by atoms with van der Waals surface area (Å²) in [6.45, 7) is 6.97. The molecule has 1 aliphatic carbocycles. The van der Waals surface area contributed by atoms with Crippen LogP contribution in [0.2, 0.25) is 0 Å². The standard InChI is InChI=1S/C24H27FN4O3/c1-14-19(29-9-7-20(30)27-22(29)31)11-16-18(26-14)6-5-17(21(16)25)24-8-10-28(12-15-3-4-15)13-23(24,2)32-24/h5-6,11,15H,3-4,7-10,12-13H2,1-2H3,(H,27,30,31). The Balaban J connectivity index is 1.36. The fourth-order valence-corrected chi connectivity index (χ4v) is 5.63. The molecule has 8 heteroatoms. The van der Waals surface area contributed by atoms with Crippen molar-refractivity contribution in [2.45, 2.75) is 50.7 Å². The number of carbonyl (C=O) groups is 2. The highest BCUT2D eigenvalue weighted by atomic mass is 19.1. The number of carbonyl (C=O) groups excluding carboxylic acids is 2. The smallest absolute Gasteiger partial charge is 0.328 e. The lowest BCUT2D eigenvalue weighted by Crippen LogP contribution is -2.49. The summed E-state index contributed by atoms with van der Waals surface area (Å²) in [5.74, 6) is 0.185. The van der Waals surface area contributed by atoms with E-state index in [9.17, 15) is 9.59 Å². The molecule has 4 aliphatic rings. The van der Waals surface area contributed by atoms with Gasteiger partial charge in [-0.05, 0) is 51.2 Å². The van der Waals surface area contributed by atoms with Gasteiger partial charge in [-0.15, -0.1) is 0 Å². The van der Waals surface area contributed by atoms with Crippen molar-refractivity contribution in [2.24, 2.45) is 5.92 Å². The topological polar surface area (TPSA) is 78.1 Å². The number of hydrogen-bond donors (Lipinski definition) is 1. The number of epoxide rings is 1. The molecule has 0 radical (unpaired) electrons. The molecule has 1 N–H and O–H groups in total. The summed E-state index contributed by atoms with van der Waals surface area (Å²) >= 11 is 0. The Morgan fingerprint density at radius 1 is 1.28 bits per heavy atom. The van der Waals surface area contributed by atoms with Crippen molar-refractivity contribution in [3.63, 3.8) is 0 Å². The minimum absolute atomic E-state index is 0.207. The Bertz CT molecular complexity index is 1170. The molecule has 0 spiro atoms. The molecule has 1 aromatic carbocycles. The number of nitrogens with one attached hydrogen (secondary N) is 1. The van der Waals surface area contributed by atoms with Crippen LogP contribution in [0.25, 0.3) is 10.9 Å². The minimum Gasteiger partial charge on any atom is -0.356 e. The third kappa shape index (κ3) is 2.96. The fourth-order valence-electron chi connectivity index (χ4n) is 5.63. The average Bonchev–Trinajstić information content (AvgIpc) is 3.64. The minimum atomic E-state index is -0.606. The number of likely N-dealkylation sites (tertiary alicyclic amines) is 1. The molecule has 0 bridgehead atoms. The number of imide groups is 1. The zero-order valence-corrected chi connectivity index (χ0v) is 18.4. The van der Waals surface area contributed by atoms with Crippen LogP contribution in [0.5, 0.6) is 0 Å². The lowest BCUT2D eigenvalue weighted by atomic mass is 9.80. The number of pyridine rings is 1. The number of amides is 3. The molecule has 2 aromatic rings. The zero-order valence-electron chi connectivity index (χ0n) is 18.4. The molecule has 2 atom stereocenters. The molecular formula is C24H27FN4O3. The largest absolute Gasteiger partial charge is 0.356 e. The van der Waals surface area contributed by atoms with Gasteiger partial charge in [0.2, 0.25) is 5.91 Å². The number of benzene rings is 1. The van der Waals surface area contributed by atoms with E-state index in [1.54, 1.807) is 13.0 Å². The first kappa shape index (κ1) is 20.1. The van der Waals surface area contributed by atoms with Crippen molar-refractivity contribution in [1.82, 2.24) is 15.2 Å². The summed E-state index contributed by atoms with van der Waals surface area (Å²) in [6, 6.07) is 4.85. The predicted molar refractivity (Wildman–Crippen MR) is 117 cm³/mol. The van der Waals surface area contributed by atoms with E-state index in [-0.39, 0.29) is 30.3 Å². The van der Waals surface area contributed by atoms with E-state index < -0.39 is 11.6 Å². The van der Waals surface area contributed by atoms with Gasteiger partial charge in [-0.2, -0.15) is 0 Å². The Morgan fingerprint density at radius 2 is 2.09 bits per heavy atom. The highest BCUT2D eigenvalue weighted by Gasteiger charge is 2.70. The van der Waals surface area contributed by atoms with E-state index in [0.717, 1.165) is 32.0 Å². The van der Waals surface area contributed by atoms with Crippen LogP contribution in [-0.2, 0) is 15.1 Å². The van der Waals surface area contributed by atoms with Crippen LogP contribution < -0.4 is 10.2 Å². The molecule has 1 aromatic heterocycles. The van der Waals surface area contributed by atoms with Crippen LogP contribution in [-0.4, -0.2) is 53.6 Å². The van der Waals surface area contributed by atoms with Gasteiger partial charge in [0.15, 0.2) is 0 Å². The number of aryl methyl sites for hydroxylation is 1. The molecule has 168 valence electrons. The van der Waals surface area contributed by atoms with Crippen molar-refractivity contribution in [3.05, 3.63) is 35.3 Å². The van der Waals surface area contributed by atoms with Gasteiger partial charge in [0.1, 0.15) is 17.0 Å². The first-order valence-electron chi connectivity index (χ1n) is 11.4. The van der Waals surface area contributed by atoms with Gasteiger partial charge in [-0.1, -0.05) is 6.07 Å². The van der Waals surface area contributed by atoms with Gasteiger partial charge in [0.25, 0.3) is 0 Å². The molecular weight excluding hydrogens is 411 g/mol. The van der Waals surface area contributed by atoms with Gasteiger partial charge in [-0.3, -0.25) is 24.9 Å². The molecule has 4 fully saturated rings. The van der Waals surface area contributed by atoms with E-state index in [0.29, 0.717) is 27.8 Å². The quantitative estimate of drug-likeness (QED) is 0.742. The predicted octanol–water partition coefficient (Wildman–Crippen LogP) is 3.23. The van der Waals surface area contributed by atoms with Gasteiger partial charge in [0.05, 0.1) is 16.9 Å². The van der Waals surface area contributed by atoms with Crippen molar-refractivity contribution >= 4 is 28.5 Å². The number of anilines is 1. The van der Waals surface area contributed by atoms with Crippen LogP contribution in [0.3, 0.4) is 0 Å². The first-order valence-corrected chi connectivity index (χ1v) is 11.4. The highest BCUT2D eigenvalue weighted by Crippen LogP contribution is 2.61. The monoisotopic (exact) mass is 438 g/mol. The number of nitrogens with zero attached hydrogens (tertiary/aromatic N) is 3. The second kappa shape index (κ2) is 6.71. The van der Waals surface area contributed by atoms with Crippen LogP contribution in [0.4, 0.5) is 14.9 Å². The molecule has 32 heavy (non-hydrogen) atoms. The fraction of sp³-hybridized carbons (Fsp3) is 0.542. The van der Waals surface area contributed by atoms with E-state index in [2.05, 4.69) is 22.1 Å². The number of hydrogen-bond acceptors (Lipinski definition) is 5. The number of urea groups is 1. The maximum Gasteiger partial charge on any atom is 0.328 e. The van der Waals surface area contributed by atoms with Crippen molar-refractivity contribution in [3.8, 4) is 0 Å². The van der Waals surface area contributed by atoms with E-state index in [1.807, 2.05) is 12.1 Å². The SMILES string of the molecule is Cc1nc2ccc(C34CCN(CC5CC5)CC3(C)O4)c(F)c2cc1N1CCC(=O)NC1=O. The number of ether oxygens (including phenoxy) is 1. The van der Waals surface area contributed by atoms with Gasteiger partial charge >= 0.3 is 6.03 Å². The normalized spacial score (nSPS) is 30.4. The summed E-state index contributed by atoms with van der Waals surface area (Å²) < 4.78 is 22.2. The second-order valence-corrected chi connectivity index (χ2v) is 9.93. The number of halogens is 1. The van der Waals surface area contributed by atoms with E-state index in [1.165, 1.54) is 17.7 Å². The molecule has 6 rings (SSSR count). The molecule has 3 saturated heterocycles. The molecule has 4 heterocycles. The molecule has 1 saturated carbocycles. The van der Waals surface area contributed by atoms with Gasteiger partial charge in [0, 0.05) is 43.5 Å². The van der Waals surface area contributed by atoms with Gasteiger partial charge < -0.3 is 4.74 Å². The number of rotatable bonds is 4. The Labute approximate surface area is 185 Å². The van der Waals surface area contributed by atoms with Crippen molar-refractivity contribution in [1.29, 1.82) is 0 Å². The summed E-state index contributed by atoms with van der Waals surface area (Å²) in [6.07, 6.45) is 3.60. The molecule has 7 nitrogen and oxygen atoms in total. The Hall–Kier alpha value is -2.58. The number of aromatic nitrogens is 1. The molecule has 3 amide bonds. The zero-order chi connectivity index (χ0) is 22.3. The lowest BCUT2D eigenvalue weighted by Gasteiger charge is -2.33. The first-order chi connectivity index (χ1) is 15.3. The third-order valence-corrected chi connectivity index (χ3v) is 7.61. The number of fused-ring (bicyclic) bond motifs is 2. The lowest BCUT2D eigenvalue weighted by molar-refractivity contribution is -0.120. The maximum atomic E-state index is 15.9. The Kier molecular flexibility index (Phi) is 4.21. The summed E-state index contributed by atoms with van der Waals surface area (Å²) in [5.41, 5.74) is 1.27. The van der Waals surface area contributed by atoms with E-state index in [4.69, 9.17) is 4.74 Å². The number of piperidine rings is 1. The second-order valence-electron chi connectivity index (χ2n) is 9.93. The van der Waals surface area contributed by atoms with E-state index >= 15 is 4.39 Å². The van der Waals surface area contributed by atoms with Crippen molar-refractivity contribution < 1.29 is 18.7 Å². The van der Waals surface area contributed by atoms with Crippen LogP contribution in [0, 0.1) is 18.7 Å². The molecule has 2 unspecified atom stereocenters. The van der Waals surface area contributed by atoms with Gasteiger partial charge in [-0.25, -0.2) is 9.18 Å². The summed E-state index contributed by atoms with van der Waals surface area (Å²) in [5, 5.41) is 2.70. The maximum absolute atomic E-state index is 15.9. The highest BCUT2D eigenvalue weighted by molar-refractivity contribution is 6.06. The average molecular weight is 439 g/mol. The summed E-state index contributed by atoms with van der Waals surface area (Å²) in [7, 11) is 0. The van der Waals surface area contributed by atoms with Crippen LogP contribution in [0.15, 0.2) is 18.2 Å². The van der Waals surface area contributed by atoms with Crippen molar-refractivity contribution in [2.75, 3.05) is 31.1 Å². The molecule has 3 aliphatic heterocycles.